The molecule has 2 N–H and O–H groups in total. The summed E-state index contributed by atoms with van der Waals surface area (Å²) in [6.45, 7) is 5.11. The summed E-state index contributed by atoms with van der Waals surface area (Å²) in [5.41, 5.74) is 0. The number of nitrogens with zero attached hydrogens (tertiary/aromatic N) is 1. The van der Waals surface area contributed by atoms with E-state index in [1.165, 1.54) is 12.8 Å². The second kappa shape index (κ2) is 7.62. The molecule has 2 amide bonds. The summed E-state index contributed by atoms with van der Waals surface area (Å²) in [6, 6.07) is 0.552. The normalized spacial score (nSPS) is 23.9. The minimum absolute atomic E-state index is 0.0348. The highest BCUT2D eigenvalue weighted by atomic mass is 16.2. The third-order valence-electron chi connectivity index (χ3n) is 4.48. The van der Waals surface area contributed by atoms with Crippen LogP contribution in [-0.4, -0.2) is 48.9 Å². The lowest BCUT2D eigenvalue weighted by atomic mass is 9.96. The molecule has 0 bridgehead atoms. The van der Waals surface area contributed by atoms with Crippen molar-refractivity contribution in [3.63, 3.8) is 0 Å². The number of piperidine rings is 1. The molecule has 0 aromatic heterocycles. The number of amides is 2. The predicted molar refractivity (Wildman–Crippen MR) is 78.2 cm³/mol. The zero-order chi connectivity index (χ0) is 14.4. The summed E-state index contributed by atoms with van der Waals surface area (Å²) in [5, 5.41) is 6.31. The van der Waals surface area contributed by atoms with E-state index in [2.05, 4.69) is 10.6 Å². The Morgan fingerprint density at radius 3 is 2.60 bits per heavy atom. The van der Waals surface area contributed by atoms with E-state index >= 15 is 0 Å². The number of hydrogen-bond acceptors (Lipinski definition) is 3. The molecule has 0 aromatic rings. The molecule has 2 heterocycles. The van der Waals surface area contributed by atoms with Crippen molar-refractivity contribution in [2.75, 3.05) is 26.2 Å². The smallest absolute Gasteiger partial charge is 0.222 e. The molecular weight excluding hydrogens is 254 g/mol. The molecule has 2 saturated heterocycles. The van der Waals surface area contributed by atoms with E-state index in [1.807, 2.05) is 4.90 Å². The van der Waals surface area contributed by atoms with Gasteiger partial charge in [-0.1, -0.05) is 0 Å². The SMILES string of the molecule is CC(=O)NCC1CCN(C(=O)CCC2CCCN2)CC1. The van der Waals surface area contributed by atoms with Gasteiger partial charge in [0.1, 0.15) is 0 Å². The van der Waals surface area contributed by atoms with Gasteiger partial charge in [0.2, 0.25) is 11.8 Å². The Hall–Kier alpha value is -1.10. The molecule has 1 unspecified atom stereocenters. The summed E-state index contributed by atoms with van der Waals surface area (Å²) < 4.78 is 0. The van der Waals surface area contributed by atoms with Crippen LogP contribution in [0.15, 0.2) is 0 Å². The van der Waals surface area contributed by atoms with Crippen LogP contribution in [0.1, 0.15) is 45.4 Å². The van der Waals surface area contributed by atoms with Crippen LogP contribution in [0.2, 0.25) is 0 Å². The lowest BCUT2D eigenvalue weighted by Crippen LogP contribution is -2.41. The van der Waals surface area contributed by atoms with Crippen molar-refractivity contribution in [3.05, 3.63) is 0 Å². The molecule has 5 nitrogen and oxygen atoms in total. The third-order valence-corrected chi connectivity index (χ3v) is 4.48. The molecule has 0 aliphatic carbocycles. The molecule has 114 valence electrons. The van der Waals surface area contributed by atoms with Crippen molar-refractivity contribution >= 4 is 11.8 Å². The Labute approximate surface area is 121 Å². The number of rotatable bonds is 5. The maximum Gasteiger partial charge on any atom is 0.222 e. The van der Waals surface area contributed by atoms with Gasteiger partial charge in [-0.25, -0.2) is 0 Å². The summed E-state index contributed by atoms with van der Waals surface area (Å²) in [5.74, 6) is 0.865. The van der Waals surface area contributed by atoms with Crippen molar-refractivity contribution < 1.29 is 9.59 Å². The van der Waals surface area contributed by atoms with Crippen molar-refractivity contribution in [2.24, 2.45) is 5.92 Å². The number of carbonyl (C=O) groups is 2. The van der Waals surface area contributed by atoms with Gasteiger partial charge in [0, 0.05) is 39.0 Å². The summed E-state index contributed by atoms with van der Waals surface area (Å²) in [7, 11) is 0. The zero-order valence-corrected chi connectivity index (χ0v) is 12.5. The topological polar surface area (TPSA) is 61.4 Å². The molecule has 1 atom stereocenters. The highest BCUT2D eigenvalue weighted by molar-refractivity contribution is 5.76. The van der Waals surface area contributed by atoms with Gasteiger partial charge in [-0.3, -0.25) is 9.59 Å². The Balaban J connectivity index is 1.62. The monoisotopic (exact) mass is 281 g/mol. The van der Waals surface area contributed by atoms with Gasteiger partial charge in [-0.05, 0) is 44.6 Å². The average Bonchev–Trinajstić information content (AvgIpc) is 2.96. The minimum atomic E-state index is 0.0348. The first-order chi connectivity index (χ1) is 9.65. The van der Waals surface area contributed by atoms with E-state index in [9.17, 15) is 9.59 Å². The molecule has 5 heteroatoms. The second-order valence-corrected chi connectivity index (χ2v) is 6.09. The number of nitrogens with one attached hydrogen (secondary N) is 2. The van der Waals surface area contributed by atoms with Gasteiger partial charge in [0.05, 0.1) is 0 Å². The van der Waals surface area contributed by atoms with E-state index in [0.29, 0.717) is 24.3 Å². The molecule has 0 aromatic carbocycles. The maximum atomic E-state index is 12.2. The molecule has 2 fully saturated rings. The van der Waals surface area contributed by atoms with Crippen LogP contribution in [0, 0.1) is 5.92 Å². The Morgan fingerprint density at radius 1 is 1.25 bits per heavy atom. The van der Waals surface area contributed by atoms with Crippen molar-refractivity contribution in [3.8, 4) is 0 Å². The highest BCUT2D eigenvalue weighted by Crippen LogP contribution is 2.18. The molecule has 2 aliphatic rings. The number of carbonyl (C=O) groups excluding carboxylic acids is 2. The van der Waals surface area contributed by atoms with Crippen LogP contribution in [0.5, 0.6) is 0 Å². The first kappa shape index (κ1) is 15.3. The molecular formula is C15H27N3O2. The average molecular weight is 281 g/mol. The van der Waals surface area contributed by atoms with E-state index < -0.39 is 0 Å². The largest absolute Gasteiger partial charge is 0.356 e. The van der Waals surface area contributed by atoms with Crippen molar-refractivity contribution in [1.29, 1.82) is 0 Å². The Morgan fingerprint density at radius 2 is 2.00 bits per heavy atom. The van der Waals surface area contributed by atoms with Crippen molar-refractivity contribution in [1.82, 2.24) is 15.5 Å². The van der Waals surface area contributed by atoms with E-state index in [1.54, 1.807) is 6.92 Å². The van der Waals surface area contributed by atoms with Gasteiger partial charge < -0.3 is 15.5 Å². The molecule has 0 radical (unpaired) electrons. The Bertz CT molecular complexity index is 332. The van der Waals surface area contributed by atoms with Crippen LogP contribution in [0.3, 0.4) is 0 Å². The van der Waals surface area contributed by atoms with Gasteiger partial charge in [-0.2, -0.15) is 0 Å². The first-order valence-corrected chi connectivity index (χ1v) is 7.90. The molecule has 2 aliphatic heterocycles. The van der Waals surface area contributed by atoms with E-state index in [-0.39, 0.29) is 5.91 Å². The predicted octanol–water partition coefficient (Wildman–Crippen LogP) is 0.893. The molecule has 0 spiro atoms. The fourth-order valence-corrected chi connectivity index (χ4v) is 3.13. The lowest BCUT2D eigenvalue weighted by Gasteiger charge is -2.32. The summed E-state index contributed by atoms with van der Waals surface area (Å²) in [6.07, 6.45) is 6.12. The highest BCUT2D eigenvalue weighted by Gasteiger charge is 2.23. The second-order valence-electron chi connectivity index (χ2n) is 6.09. The zero-order valence-electron chi connectivity index (χ0n) is 12.5. The molecule has 0 saturated carbocycles. The minimum Gasteiger partial charge on any atom is -0.356 e. The number of hydrogen-bond donors (Lipinski definition) is 2. The summed E-state index contributed by atoms with van der Waals surface area (Å²) in [4.78, 5) is 25.0. The van der Waals surface area contributed by atoms with Gasteiger partial charge in [-0.15, -0.1) is 0 Å². The maximum absolute atomic E-state index is 12.2. The lowest BCUT2D eigenvalue weighted by molar-refractivity contribution is -0.133. The van der Waals surface area contributed by atoms with Crippen LogP contribution < -0.4 is 10.6 Å². The van der Waals surface area contributed by atoms with Crippen LogP contribution in [0.4, 0.5) is 0 Å². The number of likely N-dealkylation sites (tertiary alicyclic amines) is 1. The Kier molecular flexibility index (Phi) is 5.83. The van der Waals surface area contributed by atoms with Crippen LogP contribution in [-0.2, 0) is 9.59 Å². The fraction of sp³-hybridized carbons (Fsp3) is 0.867. The van der Waals surface area contributed by atoms with Crippen LogP contribution >= 0.6 is 0 Å². The van der Waals surface area contributed by atoms with E-state index in [0.717, 1.165) is 45.4 Å². The quantitative estimate of drug-likeness (QED) is 0.787. The van der Waals surface area contributed by atoms with Gasteiger partial charge in [0.15, 0.2) is 0 Å². The molecule has 20 heavy (non-hydrogen) atoms. The summed E-state index contributed by atoms with van der Waals surface area (Å²) >= 11 is 0. The first-order valence-electron chi connectivity index (χ1n) is 7.90. The van der Waals surface area contributed by atoms with Gasteiger partial charge >= 0.3 is 0 Å². The molecule has 2 rings (SSSR count). The van der Waals surface area contributed by atoms with Gasteiger partial charge in [0.25, 0.3) is 0 Å². The fourth-order valence-electron chi connectivity index (χ4n) is 3.13. The van der Waals surface area contributed by atoms with Crippen LogP contribution in [0.25, 0.3) is 0 Å². The standard InChI is InChI=1S/C15H27N3O2/c1-12(19)17-11-13-6-9-18(10-7-13)15(20)5-4-14-3-2-8-16-14/h13-14,16H,2-11H2,1H3,(H,17,19). The third kappa shape index (κ3) is 4.78. The van der Waals surface area contributed by atoms with Crippen molar-refractivity contribution in [2.45, 2.75) is 51.5 Å². The van der Waals surface area contributed by atoms with E-state index in [4.69, 9.17) is 0 Å².